The zero-order valence-corrected chi connectivity index (χ0v) is 11.1. The van der Waals surface area contributed by atoms with Crippen molar-refractivity contribution < 1.29 is 0 Å². The average Bonchev–Trinajstić information content (AvgIpc) is 2.78. The summed E-state index contributed by atoms with van der Waals surface area (Å²) in [6.45, 7) is 2.04. The van der Waals surface area contributed by atoms with Gasteiger partial charge >= 0.3 is 0 Å². The van der Waals surface area contributed by atoms with Gasteiger partial charge in [-0.2, -0.15) is 0 Å². The Labute approximate surface area is 107 Å². The summed E-state index contributed by atoms with van der Waals surface area (Å²) < 4.78 is 0. The molecule has 0 spiro atoms. The Morgan fingerprint density at radius 3 is 2.94 bits per heavy atom. The van der Waals surface area contributed by atoms with Crippen LogP contribution in [0.5, 0.6) is 0 Å². The first-order chi connectivity index (χ1) is 8.09. The molecule has 0 bridgehead atoms. The number of hydrogen-bond donors (Lipinski definition) is 1. The molecule has 4 nitrogen and oxygen atoms in total. The predicted molar refractivity (Wildman–Crippen MR) is 74.4 cm³/mol. The minimum Gasteiger partial charge on any atom is -0.388 e. The molecular formula is C12H18N4S. The smallest absolute Gasteiger partial charge is 0.124 e. The molecule has 1 aromatic rings. The summed E-state index contributed by atoms with van der Waals surface area (Å²) in [5, 5.41) is 0. The van der Waals surface area contributed by atoms with Crippen molar-refractivity contribution in [3.8, 4) is 0 Å². The highest BCUT2D eigenvalue weighted by Crippen LogP contribution is 2.24. The Balaban J connectivity index is 2.21. The first-order valence-electron chi connectivity index (χ1n) is 5.76. The molecule has 1 aliphatic heterocycles. The van der Waals surface area contributed by atoms with Crippen molar-refractivity contribution in [2.45, 2.75) is 12.5 Å². The summed E-state index contributed by atoms with van der Waals surface area (Å²) in [5.41, 5.74) is 7.51. The Morgan fingerprint density at radius 1 is 1.59 bits per heavy atom. The van der Waals surface area contributed by atoms with E-state index in [0.29, 0.717) is 11.0 Å². The van der Waals surface area contributed by atoms with Crippen molar-refractivity contribution in [2.75, 3.05) is 32.1 Å². The summed E-state index contributed by atoms with van der Waals surface area (Å²) >= 11 is 5.04. The molecule has 1 saturated heterocycles. The van der Waals surface area contributed by atoms with Gasteiger partial charge < -0.3 is 15.5 Å². The van der Waals surface area contributed by atoms with E-state index in [4.69, 9.17) is 18.0 Å². The summed E-state index contributed by atoms with van der Waals surface area (Å²) in [6.07, 6.45) is 2.90. The molecule has 1 aliphatic rings. The standard InChI is InChI=1S/C12H18N4S/c1-15(2)9-5-7-16(8-9)10-4-3-6-14-11(10)12(13)17/h3-4,6,9H,5,7-8H2,1-2H3,(H2,13,17). The van der Waals surface area contributed by atoms with Crippen LogP contribution in [0.3, 0.4) is 0 Å². The van der Waals surface area contributed by atoms with Crippen molar-refractivity contribution in [2.24, 2.45) is 5.73 Å². The van der Waals surface area contributed by atoms with Crippen LogP contribution in [0.15, 0.2) is 18.3 Å². The Morgan fingerprint density at radius 2 is 2.35 bits per heavy atom. The number of nitrogens with two attached hydrogens (primary N) is 1. The van der Waals surface area contributed by atoms with Gasteiger partial charge in [-0.1, -0.05) is 12.2 Å². The van der Waals surface area contributed by atoms with E-state index < -0.39 is 0 Å². The number of thiocarbonyl (C=S) groups is 1. The Kier molecular flexibility index (Phi) is 3.59. The molecule has 0 amide bonds. The van der Waals surface area contributed by atoms with Gasteiger partial charge in [-0.25, -0.2) is 0 Å². The highest BCUT2D eigenvalue weighted by molar-refractivity contribution is 7.80. The fraction of sp³-hybridized carbons (Fsp3) is 0.500. The predicted octanol–water partition coefficient (Wildman–Crippen LogP) is 0.856. The number of nitrogens with zero attached hydrogens (tertiary/aromatic N) is 3. The average molecular weight is 250 g/mol. The largest absolute Gasteiger partial charge is 0.388 e. The molecule has 0 radical (unpaired) electrons. The normalized spacial score (nSPS) is 19.9. The fourth-order valence-corrected chi connectivity index (χ4v) is 2.38. The molecule has 1 aromatic heterocycles. The van der Waals surface area contributed by atoms with Gasteiger partial charge in [0.05, 0.1) is 5.69 Å². The first-order valence-corrected chi connectivity index (χ1v) is 6.16. The maximum Gasteiger partial charge on any atom is 0.124 e. The van der Waals surface area contributed by atoms with E-state index in [1.54, 1.807) is 6.20 Å². The molecule has 1 fully saturated rings. The number of rotatable bonds is 3. The van der Waals surface area contributed by atoms with E-state index in [2.05, 4.69) is 28.9 Å². The zero-order valence-electron chi connectivity index (χ0n) is 10.3. The molecule has 5 heteroatoms. The van der Waals surface area contributed by atoms with Gasteiger partial charge in [-0.15, -0.1) is 0 Å². The highest BCUT2D eigenvalue weighted by Gasteiger charge is 2.26. The van der Waals surface area contributed by atoms with Crippen molar-refractivity contribution in [1.29, 1.82) is 0 Å². The lowest BCUT2D eigenvalue weighted by atomic mass is 10.2. The molecule has 0 aliphatic carbocycles. The zero-order chi connectivity index (χ0) is 12.4. The topological polar surface area (TPSA) is 45.4 Å². The lowest BCUT2D eigenvalue weighted by Crippen LogP contribution is -2.32. The molecule has 2 N–H and O–H groups in total. The summed E-state index contributed by atoms with van der Waals surface area (Å²) in [6, 6.07) is 4.56. The summed E-state index contributed by atoms with van der Waals surface area (Å²) in [4.78, 5) is 9.21. The second-order valence-corrected chi connectivity index (χ2v) is 5.03. The van der Waals surface area contributed by atoms with E-state index in [9.17, 15) is 0 Å². The molecular weight excluding hydrogens is 232 g/mol. The fourth-order valence-electron chi connectivity index (χ4n) is 2.22. The number of hydrogen-bond acceptors (Lipinski definition) is 4. The lowest BCUT2D eigenvalue weighted by molar-refractivity contribution is 0.315. The van der Waals surface area contributed by atoms with Gasteiger partial charge in [0.2, 0.25) is 0 Å². The molecule has 17 heavy (non-hydrogen) atoms. The molecule has 0 aromatic carbocycles. The van der Waals surface area contributed by atoms with E-state index >= 15 is 0 Å². The van der Waals surface area contributed by atoms with Crippen LogP contribution in [-0.4, -0.2) is 48.1 Å². The first kappa shape index (κ1) is 12.3. The second kappa shape index (κ2) is 4.98. The van der Waals surface area contributed by atoms with Gasteiger partial charge in [0.25, 0.3) is 0 Å². The maximum atomic E-state index is 5.71. The number of likely N-dealkylation sites (N-methyl/N-ethyl adjacent to an activating group) is 1. The van der Waals surface area contributed by atoms with Crippen LogP contribution < -0.4 is 10.6 Å². The van der Waals surface area contributed by atoms with E-state index in [1.807, 2.05) is 12.1 Å². The molecule has 2 rings (SSSR count). The molecule has 2 heterocycles. The summed E-state index contributed by atoms with van der Waals surface area (Å²) in [5.74, 6) is 0. The Bertz CT molecular complexity index is 419. The van der Waals surface area contributed by atoms with Gasteiger partial charge in [0.1, 0.15) is 10.7 Å². The third kappa shape index (κ3) is 2.56. The number of pyridine rings is 1. The van der Waals surface area contributed by atoms with Gasteiger partial charge in [0, 0.05) is 25.3 Å². The minimum atomic E-state index is 0.369. The SMILES string of the molecule is CN(C)C1CCN(c2cccnc2C(N)=S)C1. The summed E-state index contributed by atoms with van der Waals surface area (Å²) in [7, 11) is 4.23. The van der Waals surface area contributed by atoms with E-state index in [1.165, 1.54) is 6.42 Å². The van der Waals surface area contributed by atoms with Gasteiger partial charge in [-0.3, -0.25) is 4.98 Å². The van der Waals surface area contributed by atoms with Gasteiger partial charge in [-0.05, 0) is 32.6 Å². The van der Waals surface area contributed by atoms with Crippen molar-refractivity contribution >= 4 is 22.9 Å². The van der Waals surface area contributed by atoms with E-state index in [0.717, 1.165) is 24.5 Å². The molecule has 0 saturated carbocycles. The third-order valence-corrected chi connectivity index (χ3v) is 3.45. The quantitative estimate of drug-likeness (QED) is 0.806. The van der Waals surface area contributed by atoms with Crippen LogP contribution in [0.4, 0.5) is 5.69 Å². The van der Waals surface area contributed by atoms with Crippen LogP contribution in [0.2, 0.25) is 0 Å². The van der Waals surface area contributed by atoms with Crippen LogP contribution in [0.25, 0.3) is 0 Å². The van der Waals surface area contributed by atoms with E-state index in [-0.39, 0.29) is 0 Å². The van der Waals surface area contributed by atoms with Crippen molar-refractivity contribution in [1.82, 2.24) is 9.88 Å². The van der Waals surface area contributed by atoms with Gasteiger partial charge in [0.15, 0.2) is 0 Å². The molecule has 92 valence electrons. The molecule has 1 unspecified atom stereocenters. The second-order valence-electron chi connectivity index (χ2n) is 4.59. The van der Waals surface area contributed by atoms with Crippen LogP contribution in [-0.2, 0) is 0 Å². The number of anilines is 1. The maximum absolute atomic E-state index is 5.71. The van der Waals surface area contributed by atoms with Crippen molar-refractivity contribution in [3.63, 3.8) is 0 Å². The minimum absolute atomic E-state index is 0.369. The lowest BCUT2D eigenvalue weighted by Gasteiger charge is -2.23. The highest BCUT2D eigenvalue weighted by atomic mass is 32.1. The number of aromatic nitrogens is 1. The van der Waals surface area contributed by atoms with Crippen LogP contribution in [0.1, 0.15) is 12.1 Å². The molecule has 1 atom stereocenters. The Hall–Kier alpha value is -1.20. The van der Waals surface area contributed by atoms with Crippen LogP contribution >= 0.6 is 12.2 Å². The van der Waals surface area contributed by atoms with Crippen molar-refractivity contribution in [3.05, 3.63) is 24.0 Å². The monoisotopic (exact) mass is 250 g/mol. The third-order valence-electron chi connectivity index (χ3n) is 3.25. The van der Waals surface area contributed by atoms with Crippen LogP contribution in [0, 0.1) is 0 Å².